The molecule has 5 heteroatoms. The fraction of sp³-hybridized carbons (Fsp3) is 0.214. The molecule has 0 fully saturated rings. The van der Waals surface area contributed by atoms with E-state index in [1.54, 1.807) is 0 Å². The van der Waals surface area contributed by atoms with Gasteiger partial charge in [0.1, 0.15) is 12.4 Å². The van der Waals surface area contributed by atoms with Crippen molar-refractivity contribution < 1.29 is 14.6 Å². The molecule has 0 unspecified atom stereocenters. The predicted octanol–water partition coefficient (Wildman–Crippen LogP) is 2.37. The quantitative estimate of drug-likeness (QED) is 0.911. The van der Waals surface area contributed by atoms with Crippen LogP contribution in [0.2, 0.25) is 0 Å². The average molecular weight is 258 g/mol. The van der Waals surface area contributed by atoms with Crippen molar-refractivity contribution >= 4 is 5.97 Å². The number of aromatic carboxylic acids is 1. The second-order valence-corrected chi connectivity index (χ2v) is 4.31. The number of hydrogen-bond acceptors (Lipinski definition) is 4. The van der Waals surface area contributed by atoms with Crippen molar-refractivity contribution in [3.05, 3.63) is 53.1 Å². The van der Waals surface area contributed by atoms with Gasteiger partial charge in [-0.1, -0.05) is 6.07 Å². The summed E-state index contributed by atoms with van der Waals surface area (Å²) < 4.78 is 5.58. The molecule has 0 aliphatic rings. The summed E-state index contributed by atoms with van der Waals surface area (Å²) >= 11 is 0. The summed E-state index contributed by atoms with van der Waals surface area (Å²) in [6.07, 6.45) is 2.55. The van der Waals surface area contributed by atoms with Crippen molar-refractivity contribution in [2.45, 2.75) is 20.5 Å². The normalized spacial score (nSPS) is 10.2. The van der Waals surface area contributed by atoms with Gasteiger partial charge in [0, 0.05) is 12.4 Å². The van der Waals surface area contributed by atoms with Gasteiger partial charge in [0.25, 0.3) is 0 Å². The summed E-state index contributed by atoms with van der Waals surface area (Å²) in [7, 11) is 0. The fourth-order valence-corrected chi connectivity index (χ4v) is 1.70. The number of carbonyl (C=O) groups is 1. The Labute approximate surface area is 110 Å². The van der Waals surface area contributed by atoms with Crippen LogP contribution in [0.3, 0.4) is 0 Å². The topological polar surface area (TPSA) is 72.3 Å². The second-order valence-electron chi connectivity index (χ2n) is 4.31. The fourth-order valence-electron chi connectivity index (χ4n) is 1.70. The summed E-state index contributed by atoms with van der Waals surface area (Å²) in [6, 6.07) is 5.92. The van der Waals surface area contributed by atoms with Gasteiger partial charge in [-0.3, -0.25) is 0 Å². The summed E-state index contributed by atoms with van der Waals surface area (Å²) in [5.74, 6) is 0.161. The number of aryl methyl sites for hydroxylation is 2. The Morgan fingerprint density at radius 2 is 1.74 bits per heavy atom. The van der Waals surface area contributed by atoms with Crippen LogP contribution in [-0.4, -0.2) is 21.0 Å². The van der Waals surface area contributed by atoms with Crippen LogP contribution in [0.25, 0.3) is 0 Å². The Balaban J connectivity index is 2.03. The van der Waals surface area contributed by atoms with Gasteiger partial charge in [0.2, 0.25) is 0 Å². The summed E-state index contributed by atoms with van der Waals surface area (Å²) in [5, 5.41) is 8.73. The minimum absolute atomic E-state index is 0.0650. The highest BCUT2D eigenvalue weighted by Crippen LogP contribution is 2.17. The van der Waals surface area contributed by atoms with Gasteiger partial charge in [0.05, 0.1) is 5.56 Å². The Morgan fingerprint density at radius 3 is 2.26 bits per heavy atom. The predicted molar refractivity (Wildman–Crippen MR) is 69.2 cm³/mol. The zero-order chi connectivity index (χ0) is 13.8. The molecule has 0 bridgehead atoms. The van der Waals surface area contributed by atoms with Crippen molar-refractivity contribution in [3.8, 4) is 5.75 Å². The highest BCUT2D eigenvalue weighted by Gasteiger charge is 2.05. The molecule has 5 nitrogen and oxygen atoms in total. The molecule has 0 atom stereocenters. The first-order valence-corrected chi connectivity index (χ1v) is 5.80. The second kappa shape index (κ2) is 5.48. The lowest BCUT2D eigenvalue weighted by Crippen LogP contribution is -2.05. The Kier molecular flexibility index (Phi) is 3.75. The molecule has 0 aliphatic heterocycles. The van der Waals surface area contributed by atoms with Gasteiger partial charge in [-0.05, 0) is 37.1 Å². The van der Waals surface area contributed by atoms with Crippen LogP contribution in [-0.2, 0) is 6.61 Å². The van der Waals surface area contributed by atoms with Crippen molar-refractivity contribution in [1.29, 1.82) is 0 Å². The van der Waals surface area contributed by atoms with Gasteiger partial charge in [-0.25, -0.2) is 14.8 Å². The maximum Gasteiger partial charge on any atom is 0.338 e. The number of nitrogens with zero attached hydrogens (tertiary/aromatic N) is 2. The summed E-state index contributed by atoms with van der Waals surface area (Å²) in [4.78, 5) is 18.5. The largest absolute Gasteiger partial charge is 0.486 e. The highest BCUT2D eigenvalue weighted by molar-refractivity contribution is 5.86. The number of hydrogen-bond donors (Lipinski definition) is 1. The van der Waals surface area contributed by atoms with Gasteiger partial charge in [0.15, 0.2) is 5.82 Å². The maximum absolute atomic E-state index is 10.7. The molecular weight excluding hydrogens is 244 g/mol. The molecule has 1 aromatic heterocycles. The Morgan fingerprint density at radius 1 is 1.16 bits per heavy atom. The van der Waals surface area contributed by atoms with E-state index >= 15 is 0 Å². The molecule has 2 aromatic rings. The van der Waals surface area contributed by atoms with E-state index in [1.807, 2.05) is 26.0 Å². The van der Waals surface area contributed by atoms with Crippen molar-refractivity contribution in [2.24, 2.45) is 0 Å². The third kappa shape index (κ3) is 3.51. The van der Waals surface area contributed by atoms with Gasteiger partial charge in [-0.15, -0.1) is 0 Å². The molecule has 0 radical (unpaired) electrons. The monoisotopic (exact) mass is 258 g/mol. The standard InChI is InChI=1S/C14H14N2O3/c1-9-3-10(2)5-12(4-9)19-8-13-15-6-11(7-16-13)14(17)18/h3-7H,8H2,1-2H3,(H,17,18). The SMILES string of the molecule is Cc1cc(C)cc(OCc2ncc(C(=O)O)cn2)c1. The molecule has 19 heavy (non-hydrogen) atoms. The summed E-state index contributed by atoms with van der Waals surface area (Å²) in [5.41, 5.74) is 2.31. The zero-order valence-corrected chi connectivity index (χ0v) is 10.8. The smallest absolute Gasteiger partial charge is 0.338 e. The molecule has 0 saturated carbocycles. The molecule has 98 valence electrons. The Bertz CT molecular complexity index is 574. The van der Waals surface area contributed by atoms with Crippen molar-refractivity contribution in [2.75, 3.05) is 0 Å². The number of carboxylic acids is 1. The van der Waals surface area contributed by atoms with Crippen LogP contribution >= 0.6 is 0 Å². The van der Waals surface area contributed by atoms with Crippen LogP contribution in [0.5, 0.6) is 5.75 Å². The lowest BCUT2D eigenvalue weighted by molar-refractivity contribution is 0.0695. The average Bonchev–Trinajstić information content (AvgIpc) is 2.36. The van der Waals surface area contributed by atoms with Gasteiger partial charge < -0.3 is 9.84 Å². The van der Waals surface area contributed by atoms with Crippen molar-refractivity contribution in [1.82, 2.24) is 9.97 Å². The van der Waals surface area contributed by atoms with Crippen LogP contribution < -0.4 is 4.74 Å². The van der Waals surface area contributed by atoms with Crippen molar-refractivity contribution in [3.63, 3.8) is 0 Å². The van der Waals surface area contributed by atoms with E-state index in [2.05, 4.69) is 16.0 Å². The minimum atomic E-state index is -1.04. The number of ether oxygens (including phenoxy) is 1. The molecule has 0 amide bonds. The van der Waals surface area contributed by atoms with E-state index in [1.165, 1.54) is 12.4 Å². The van der Waals surface area contributed by atoms with Crippen LogP contribution in [0.1, 0.15) is 27.3 Å². The third-order valence-electron chi connectivity index (χ3n) is 2.52. The van der Waals surface area contributed by atoms with E-state index in [9.17, 15) is 4.79 Å². The molecule has 0 saturated heterocycles. The minimum Gasteiger partial charge on any atom is -0.486 e. The maximum atomic E-state index is 10.7. The molecule has 0 spiro atoms. The number of rotatable bonds is 4. The number of carboxylic acid groups (broad SMARTS) is 1. The molecule has 0 aliphatic carbocycles. The van der Waals surface area contributed by atoms with E-state index in [0.717, 1.165) is 16.9 Å². The zero-order valence-electron chi connectivity index (χ0n) is 10.8. The highest BCUT2D eigenvalue weighted by atomic mass is 16.5. The number of benzene rings is 1. The van der Waals surface area contributed by atoms with E-state index in [4.69, 9.17) is 9.84 Å². The lowest BCUT2D eigenvalue weighted by atomic mass is 10.1. The van der Waals surface area contributed by atoms with Gasteiger partial charge >= 0.3 is 5.97 Å². The van der Waals surface area contributed by atoms with E-state index in [0.29, 0.717) is 5.82 Å². The molecule has 1 heterocycles. The third-order valence-corrected chi connectivity index (χ3v) is 2.52. The van der Waals surface area contributed by atoms with Crippen LogP contribution in [0, 0.1) is 13.8 Å². The first-order valence-electron chi connectivity index (χ1n) is 5.80. The van der Waals surface area contributed by atoms with Crippen LogP contribution in [0.15, 0.2) is 30.6 Å². The first kappa shape index (κ1) is 13.0. The van der Waals surface area contributed by atoms with Crippen LogP contribution in [0.4, 0.5) is 0 Å². The molecule has 1 aromatic carbocycles. The molecule has 2 rings (SSSR count). The molecule has 1 N–H and O–H groups in total. The first-order chi connectivity index (χ1) is 9.04. The lowest BCUT2D eigenvalue weighted by Gasteiger charge is -2.07. The van der Waals surface area contributed by atoms with E-state index in [-0.39, 0.29) is 12.2 Å². The summed E-state index contributed by atoms with van der Waals surface area (Å²) in [6.45, 7) is 4.21. The van der Waals surface area contributed by atoms with Gasteiger partial charge in [-0.2, -0.15) is 0 Å². The molecular formula is C14H14N2O3. The Hall–Kier alpha value is -2.43. The number of aromatic nitrogens is 2. The van der Waals surface area contributed by atoms with E-state index < -0.39 is 5.97 Å².